The van der Waals surface area contributed by atoms with Gasteiger partial charge in [-0.25, -0.2) is 0 Å². The van der Waals surface area contributed by atoms with E-state index in [1.54, 1.807) is 12.1 Å². The highest BCUT2D eigenvalue weighted by atomic mass is 35.5. The molecule has 24 heavy (non-hydrogen) atoms. The summed E-state index contributed by atoms with van der Waals surface area (Å²) < 4.78 is 5.64. The van der Waals surface area contributed by atoms with Crippen LogP contribution >= 0.6 is 11.6 Å². The van der Waals surface area contributed by atoms with Gasteiger partial charge in [-0.3, -0.25) is 4.90 Å². The van der Waals surface area contributed by atoms with Crippen molar-refractivity contribution in [2.75, 3.05) is 13.2 Å². The Morgan fingerprint density at radius 2 is 1.83 bits per heavy atom. The van der Waals surface area contributed by atoms with Gasteiger partial charge in [-0.1, -0.05) is 41.4 Å². The maximum absolute atomic E-state index is 10.3. The van der Waals surface area contributed by atoms with E-state index in [1.807, 2.05) is 12.1 Å². The maximum atomic E-state index is 10.3. The van der Waals surface area contributed by atoms with Gasteiger partial charge in [-0.05, 0) is 50.6 Å². The fourth-order valence-electron chi connectivity index (χ4n) is 2.55. The summed E-state index contributed by atoms with van der Waals surface area (Å²) in [6.45, 7) is 8.03. The van der Waals surface area contributed by atoms with Crippen LogP contribution in [-0.4, -0.2) is 35.3 Å². The summed E-state index contributed by atoms with van der Waals surface area (Å²) >= 11 is 5.85. The molecule has 0 aliphatic carbocycles. The number of nitrogens with zero attached hydrogens (tertiary/aromatic N) is 1. The zero-order valence-corrected chi connectivity index (χ0v) is 15.3. The summed E-state index contributed by atoms with van der Waals surface area (Å²) in [4.78, 5) is 2.25. The highest BCUT2D eigenvalue weighted by molar-refractivity contribution is 6.30. The first-order chi connectivity index (χ1) is 11.4. The van der Waals surface area contributed by atoms with Crippen molar-refractivity contribution in [3.05, 3.63) is 64.7 Å². The monoisotopic (exact) mass is 347 g/mol. The molecule has 0 aliphatic heterocycles. The van der Waals surface area contributed by atoms with Crippen molar-refractivity contribution in [2.24, 2.45) is 0 Å². The van der Waals surface area contributed by atoms with E-state index in [9.17, 15) is 5.11 Å². The number of aliphatic hydroxyl groups is 1. The second-order valence-corrected chi connectivity index (χ2v) is 6.87. The first-order valence-corrected chi connectivity index (χ1v) is 8.68. The molecule has 2 aromatic rings. The van der Waals surface area contributed by atoms with E-state index in [2.05, 4.69) is 49.9 Å². The molecule has 0 aromatic heterocycles. The Morgan fingerprint density at radius 3 is 2.46 bits per heavy atom. The predicted octanol–water partition coefficient (Wildman–Crippen LogP) is 4.30. The molecule has 130 valence electrons. The average Bonchev–Trinajstić information content (AvgIpc) is 2.53. The molecule has 0 saturated carbocycles. The Labute approximate surface area is 149 Å². The first-order valence-electron chi connectivity index (χ1n) is 8.30. The van der Waals surface area contributed by atoms with Gasteiger partial charge in [0.15, 0.2) is 0 Å². The Balaban J connectivity index is 1.88. The largest absolute Gasteiger partial charge is 0.491 e. The summed E-state index contributed by atoms with van der Waals surface area (Å²) in [5, 5.41) is 11.0. The van der Waals surface area contributed by atoms with Crippen LogP contribution < -0.4 is 4.74 Å². The van der Waals surface area contributed by atoms with E-state index in [-0.39, 0.29) is 6.61 Å². The molecule has 0 radical (unpaired) electrons. The Morgan fingerprint density at radius 1 is 1.12 bits per heavy atom. The highest BCUT2D eigenvalue weighted by Crippen LogP contribution is 2.16. The number of hydrogen-bond acceptors (Lipinski definition) is 3. The lowest BCUT2D eigenvalue weighted by molar-refractivity contribution is 0.0543. The van der Waals surface area contributed by atoms with Gasteiger partial charge in [0.25, 0.3) is 0 Å². The van der Waals surface area contributed by atoms with E-state index in [0.29, 0.717) is 23.4 Å². The number of hydrogen-bond donors (Lipinski definition) is 1. The zero-order chi connectivity index (χ0) is 17.5. The van der Waals surface area contributed by atoms with Crippen LogP contribution in [0, 0.1) is 6.92 Å². The number of benzene rings is 2. The molecule has 0 amide bonds. The van der Waals surface area contributed by atoms with Gasteiger partial charge in [-0.2, -0.15) is 0 Å². The van der Waals surface area contributed by atoms with Crippen LogP contribution in [0.25, 0.3) is 0 Å². The summed E-state index contributed by atoms with van der Waals surface area (Å²) in [6, 6.07) is 16.0. The minimum atomic E-state index is -0.548. The Kier molecular flexibility index (Phi) is 7.10. The molecule has 0 fully saturated rings. The van der Waals surface area contributed by atoms with E-state index in [4.69, 9.17) is 16.3 Å². The molecular weight excluding hydrogens is 322 g/mol. The number of halogens is 1. The topological polar surface area (TPSA) is 32.7 Å². The van der Waals surface area contributed by atoms with Gasteiger partial charge in [0.1, 0.15) is 18.5 Å². The van der Waals surface area contributed by atoms with Crippen LogP contribution in [0.2, 0.25) is 5.02 Å². The van der Waals surface area contributed by atoms with Crippen LogP contribution in [-0.2, 0) is 6.54 Å². The van der Waals surface area contributed by atoms with Gasteiger partial charge < -0.3 is 9.84 Å². The second kappa shape index (κ2) is 9.07. The van der Waals surface area contributed by atoms with E-state index < -0.39 is 6.10 Å². The summed E-state index contributed by atoms with van der Waals surface area (Å²) in [5.41, 5.74) is 2.51. The average molecular weight is 348 g/mol. The van der Waals surface area contributed by atoms with Crippen molar-refractivity contribution in [1.29, 1.82) is 0 Å². The van der Waals surface area contributed by atoms with Crippen LogP contribution in [0.3, 0.4) is 0 Å². The van der Waals surface area contributed by atoms with Gasteiger partial charge in [0.2, 0.25) is 0 Å². The van der Waals surface area contributed by atoms with Crippen molar-refractivity contribution in [2.45, 2.75) is 39.5 Å². The van der Waals surface area contributed by atoms with E-state index in [0.717, 1.165) is 6.54 Å². The third-order valence-corrected chi connectivity index (χ3v) is 4.15. The molecule has 0 bridgehead atoms. The lowest BCUT2D eigenvalue weighted by Crippen LogP contribution is -2.39. The highest BCUT2D eigenvalue weighted by Gasteiger charge is 2.16. The van der Waals surface area contributed by atoms with Gasteiger partial charge >= 0.3 is 0 Å². The van der Waals surface area contributed by atoms with Crippen molar-refractivity contribution < 1.29 is 9.84 Å². The van der Waals surface area contributed by atoms with E-state index in [1.165, 1.54) is 11.1 Å². The SMILES string of the molecule is Cc1cccc(CN(CC(O)COc2ccc(Cl)cc2)C(C)C)c1. The third-order valence-electron chi connectivity index (χ3n) is 3.90. The van der Waals surface area contributed by atoms with Crippen LogP contribution in [0.4, 0.5) is 0 Å². The number of aryl methyl sites for hydroxylation is 1. The predicted molar refractivity (Wildman–Crippen MR) is 99.7 cm³/mol. The smallest absolute Gasteiger partial charge is 0.119 e. The lowest BCUT2D eigenvalue weighted by atomic mass is 10.1. The lowest BCUT2D eigenvalue weighted by Gasteiger charge is -2.29. The third kappa shape index (κ3) is 6.16. The molecule has 1 atom stereocenters. The molecular formula is C20H26ClNO2. The summed E-state index contributed by atoms with van der Waals surface area (Å²) in [5.74, 6) is 0.716. The van der Waals surface area contributed by atoms with Crippen molar-refractivity contribution in [1.82, 2.24) is 4.90 Å². The molecule has 0 aliphatic rings. The molecule has 0 spiro atoms. The van der Waals surface area contributed by atoms with Crippen LogP contribution in [0.5, 0.6) is 5.75 Å². The zero-order valence-electron chi connectivity index (χ0n) is 14.6. The normalized spacial score (nSPS) is 12.6. The number of ether oxygens (including phenoxy) is 1. The summed E-state index contributed by atoms with van der Waals surface area (Å²) in [7, 11) is 0. The standard InChI is InChI=1S/C20H26ClNO2/c1-15(2)22(12-17-6-4-5-16(3)11-17)13-19(23)14-24-20-9-7-18(21)8-10-20/h4-11,15,19,23H,12-14H2,1-3H3. The molecule has 0 saturated heterocycles. The molecule has 2 rings (SSSR count). The van der Waals surface area contributed by atoms with Gasteiger partial charge in [-0.15, -0.1) is 0 Å². The van der Waals surface area contributed by atoms with Crippen molar-refractivity contribution in [3.63, 3.8) is 0 Å². The molecule has 1 N–H and O–H groups in total. The summed E-state index contributed by atoms with van der Waals surface area (Å²) in [6.07, 6.45) is -0.548. The minimum absolute atomic E-state index is 0.263. The minimum Gasteiger partial charge on any atom is -0.491 e. The van der Waals surface area contributed by atoms with Crippen molar-refractivity contribution in [3.8, 4) is 5.75 Å². The van der Waals surface area contributed by atoms with Crippen molar-refractivity contribution >= 4 is 11.6 Å². The second-order valence-electron chi connectivity index (χ2n) is 6.43. The van der Waals surface area contributed by atoms with Crippen LogP contribution in [0.1, 0.15) is 25.0 Å². The molecule has 4 heteroatoms. The Bertz CT molecular complexity index is 628. The molecule has 3 nitrogen and oxygen atoms in total. The number of rotatable bonds is 8. The first kappa shape index (κ1) is 18.8. The maximum Gasteiger partial charge on any atom is 0.119 e. The Hall–Kier alpha value is -1.55. The number of aliphatic hydroxyl groups excluding tert-OH is 1. The van der Waals surface area contributed by atoms with Crippen LogP contribution in [0.15, 0.2) is 48.5 Å². The molecule has 0 heterocycles. The van der Waals surface area contributed by atoms with Gasteiger partial charge in [0.05, 0.1) is 0 Å². The fourth-order valence-corrected chi connectivity index (χ4v) is 2.68. The quantitative estimate of drug-likeness (QED) is 0.772. The van der Waals surface area contributed by atoms with Gasteiger partial charge in [0, 0.05) is 24.2 Å². The fraction of sp³-hybridized carbons (Fsp3) is 0.400. The molecule has 2 aromatic carbocycles. The van der Waals surface area contributed by atoms with E-state index >= 15 is 0 Å². The molecule has 1 unspecified atom stereocenters.